The summed E-state index contributed by atoms with van der Waals surface area (Å²) in [7, 11) is 0. The molecule has 18 heavy (non-hydrogen) atoms. The predicted molar refractivity (Wildman–Crippen MR) is 69.0 cm³/mol. The Morgan fingerprint density at radius 1 is 1.39 bits per heavy atom. The Morgan fingerprint density at radius 2 is 2.11 bits per heavy atom. The highest BCUT2D eigenvalue weighted by atomic mass is 16.5. The number of ether oxygens (including phenoxy) is 1. The van der Waals surface area contributed by atoms with E-state index in [4.69, 9.17) is 4.74 Å². The Kier molecular flexibility index (Phi) is 3.77. The largest absolute Gasteiger partial charge is 0.464 e. The lowest BCUT2D eigenvalue weighted by Crippen LogP contribution is -2.19. The molecule has 0 aliphatic heterocycles. The molecule has 0 saturated carbocycles. The van der Waals surface area contributed by atoms with Crippen LogP contribution in [0, 0.1) is 0 Å². The second-order valence-electron chi connectivity index (χ2n) is 3.98. The Labute approximate surface area is 106 Å². The molecule has 0 amide bonds. The zero-order chi connectivity index (χ0) is 13.0. The third-order valence-electron chi connectivity index (χ3n) is 2.78. The van der Waals surface area contributed by atoms with Crippen LogP contribution in [-0.4, -0.2) is 22.1 Å². The van der Waals surface area contributed by atoms with Gasteiger partial charge in [-0.15, -0.1) is 0 Å². The van der Waals surface area contributed by atoms with Gasteiger partial charge in [-0.05, 0) is 19.4 Å². The summed E-state index contributed by atoms with van der Waals surface area (Å²) in [5.74, 6) is -0.243. The first kappa shape index (κ1) is 12.4. The summed E-state index contributed by atoms with van der Waals surface area (Å²) in [5.41, 5.74) is 1.95. The van der Waals surface area contributed by atoms with E-state index in [2.05, 4.69) is 4.98 Å². The molecule has 0 unspecified atom stereocenters. The van der Waals surface area contributed by atoms with E-state index < -0.39 is 0 Å². The first-order valence-electron chi connectivity index (χ1n) is 5.98. The van der Waals surface area contributed by atoms with Crippen molar-refractivity contribution in [3.63, 3.8) is 0 Å². The molecule has 0 radical (unpaired) electrons. The van der Waals surface area contributed by atoms with Gasteiger partial charge in [0.25, 0.3) is 0 Å². The smallest absolute Gasteiger partial charge is 0.328 e. The molecule has 1 atom stereocenters. The highest BCUT2D eigenvalue weighted by molar-refractivity contribution is 5.75. The minimum absolute atomic E-state index is 0.243. The van der Waals surface area contributed by atoms with Crippen molar-refractivity contribution < 1.29 is 9.53 Å². The first-order valence-corrected chi connectivity index (χ1v) is 5.98. The highest BCUT2D eigenvalue weighted by Crippen LogP contribution is 2.22. The fourth-order valence-electron chi connectivity index (χ4n) is 1.82. The molecule has 94 valence electrons. The lowest BCUT2D eigenvalue weighted by atomic mass is 10.1. The third-order valence-corrected chi connectivity index (χ3v) is 2.78. The van der Waals surface area contributed by atoms with Crippen LogP contribution in [0.15, 0.2) is 42.9 Å². The SMILES string of the molecule is CCOC(=O)[C@H](C)n1cncc1-c1ccccc1. The monoisotopic (exact) mass is 244 g/mol. The Bertz CT molecular complexity index is 520. The van der Waals surface area contributed by atoms with Crippen LogP contribution in [0.4, 0.5) is 0 Å². The zero-order valence-electron chi connectivity index (χ0n) is 10.5. The van der Waals surface area contributed by atoms with E-state index in [1.165, 1.54) is 0 Å². The number of nitrogens with zero attached hydrogens (tertiary/aromatic N) is 2. The molecule has 1 aromatic heterocycles. The lowest BCUT2D eigenvalue weighted by Gasteiger charge is -2.15. The van der Waals surface area contributed by atoms with Gasteiger partial charge < -0.3 is 9.30 Å². The molecule has 2 aromatic rings. The summed E-state index contributed by atoms with van der Waals surface area (Å²) >= 11 is 0. The molecule has 0 bridgehead atoms. The van der Waals surface area contributed by atoms with Gasteiger partial charge in [-0.2, -0.15) is 0 Å². The average molecular weight is 244 g/mol. The second-order valence-corrected chi connectivity index (χ2v) is 3.98. The Morgan fingerprint density at radius 3 is 2.78 bits per heavy atom. The average Bonchev–Trinajstić information content (AvgIpc) is 2.88. The molecule has 0 fully saturated rings. The van der Waals surface area contributed by atoms with Crippen LogP contribution in [0.5, 0.6) is 0 Å². The molecule has 4 heteroatoms. The van der Waals surface area contributed by atoms with Crippen molar-refractivity contribution in [3.05, 3.63) is 42.9 Å². The summed E-state index contributed by atoms with van der Waals surface area (Å²) < 4.78 is 6.86. The van der Waals surface area contributed by atoms with E-state index in [0.717, 1.165) is 11.3 Å². The van der Waals surface area contributed by atoms with E-state index in [0.29, 0.717) is 6.61 Å². The van der Waals surface area contributed by atoms with Crippen LogP contribution in [0.25, 0.3) is 11.3 Å². The van der Waals surface area contributed by atoms with Gasteiger partial charge in [0.1, 0.15) is 6.04 Å². The number of carbonyl (C=O) groups is 1. The highest BCUT2D eigenvalue weighted by Gasteiger charge is 2.18. The second kappa shape index (κ2) is 5.49. The van der Waals surface area contributed by atoms with Crippen LogP contribution in [0.1, 0.15) is 19.9 Å². The van der Waals surface area contributed by atoms with Gasteiger partial charge in [0.05, 0.1) is 24.8 Å². The first-order chi connectivity index (χ1) is 8.74. The number of benzene rings is 1. The number of hydrogen-bond donors (Lipinski definition) is 0. The maximum Gasteiger partial charge on any atom is 0.328 e. The zero-order valence-corrected chi connectivity index (χ0v) is 10.5. The van der Waals surface area contributed by atoms with E-state index >= 15 is 0 Å². The maximum absolute atomic E-state index is 11.8. The molecule has 0 saturated heterocycles. The minimum Gasteiger partial charge on any atom is -0.464 e. The quantitative estimate of drug-likeness (QED) is 0.777. The van der Waals surface area contributed by atoms with E-state index in [1.54, 1.807) is 19.4 Å². The minimum atomic E-state index is -0.373. The molecule has 2 rings (SSSR count). The topological polar surface area (TPSA) is 44.1 Å². The Balaban J connectivity index is 2.31. The van der Waals surface area contributed by atoms with Crippen LogP contribution < -0.4 is 0 Å². The molecule has 0 spiro atoms. The molecule has 1 heterocycles. The van der Waals surface area contributed by atoms with Crippen LogP contribution in [0.2, 0.25) is 0 Å². The molecule has 4 nitrogen and oxygen atoms in total. The van der Waals surface area contributed by atoms with Crippen molar-refractivity contribution in [2.24, 2.45) is 0 Å². The predicted octanol–water partition coefficient (Wildman–Crippen LogP) is 2.67. The summed E-state index contributed by atoms with van der Waals surface area (Å²) in [6, 6.07) is 9.49. The van der Waals surface area contributed by atoms with Crippen LogP contribution >= 0.6 is 0 Å². The van der Waals surface area contributed by atoms with Crippen molar-refractivity contribution in [1.29, 1.82) is 0 Å². The van der Waals surface area contributed by atoms with Gasteiger partial charge in [0.15, 0.2) is 0 Å². The number of rotatable bonds is 4. The van der Waals surface area contributed by atoms with Crippen molar-refractivity contribution in [1.82, 2.24) is 9.55 Å². The van der Waals surface area contributed by atoms with Gasteiger partial charge in [-0.1, -0.05) is 30.3 Å². The molecular formula is C14H16N2O2. The van der Waals surface area contributed by atoms with Gasteiger partial charge in [-0.25, -0.2) is 9.78 Å². The molecular weight excluding hydrogens is 228 g/mol. The standard InChI is InChI=1S/C14H16N2O2/c1-3-18-14(17)11(2)16-10-15-9-13(16)12-7-5-4-6-8-12/h4-11H,3H2,1-2H3/t11-/m0/s1. The van der Waals surface area contributed by atoms with E-state index in [1.807, 2.05) is 41.8 Å². The van der Waals surface area contributed by atoms with Crippen LogP contribution in [-0.2, 0) is 9.53 Å². The number of hydrogen-bond acceptors (Lipinski definition) is 3. The molecule has 0 aliphatic rings. The third kappa shape index (κ3) is 2.42. The normalized spacial score (nSPS) is 12.1. The van der Waals surface area contributed by atoms with Gasteiger partial charge >= 0.3 is 5.97 Å². The number of esters is 1. The maximum atomic E-state index is 11.8. The summed E-state index contributed by atoms with van der Waals surface area (Å²) in [4.78, 5) is 15.9. The van der Waals surface area contributed by atoms with Crippen molar-refractivity contribution in [2.75, 3.05) is 6.61 Å². The van der Waals surface area contributed by atoms with Crippen molar-refractivity contribution >= 4 is 5.97 Å². The van der Waals surface area contributed by atoms with E-state index in [-0.39, 0.29) is 12.0 Å². The van der Waals surface area contributed by atoms with Crippen molar-refractivity contribution in [2.45, 2.75) is 19.9 Å². The molecule has 1 aromatic carbocycles. The summed E-state index contributed by atoms with van der Waals surface area (Å²) in [5, 5.41) is 0. The number of carbonyl (C=O) groups excluding carboxylic acids is 1. The van der Waals surface area contributed by atoms with Gasteiger partial charge in [0, 0.05) is 0 Å². The summed E-state index contributed by atoms with van der Waals surface area (Å²) in [6.07, 6.45) is 3.41. The Hall–Kier alpha value is -2.10. The lowest BCUT2D eigenvalue weighted by molar-refractivity contribution is -0.146. The molecule has 0 aliphatic carbocycles. The van der Waals surface area contributed by atoms with Gasteiger partial charge in [0.2, 0.25) is 0 Å². The number of aromatic nitrogens is 2. The van der Waals surface area contributed by atoms with E-state index in [9.17, 15) is 4.79 Å². The van der Waals surface area contributed by atoms with Crippen LogP contribution in [0.3, 0.4) is 0 Å². The fourth-order valence-corrected chi connectivity index (χ4v) is 1.82. The number of imidazole rings is 1. The molecule has 0 N–H and O–H groups in total. The van der Waals surface area contributed by atoms with Crippen molar-refractivity contribution in [3.8, 4) is 11.3 Å². The van der Waals surface area contributed by atoms with Gasteiger partial charge in [-0.3, -0.25) is 0 Å². The fraction of sp³-hybridized carbons (Fsp3) is 0.286. The summed E-state index contributed by atoms with van der Waals surface area (Å²) in [6.45, 7) is 4.00.